The molecule has 2 rings (SSSR count). The van der Waals surface area contributed by atoms with Crippen molar-refractivity contribution in [1.29, 1.82) is 0 Å². The molecule has 1 fully saturated rings. The molecule has 0 saturated carbocycles. The lowest BCUT2D eigenvalue weighted by molar-refractivity contribution is 0.213. The molecule has 1 saturated heterocycles. The summed E-state index contributed by atoms with van der Waals surface area (Å²) >= 11 is 0. The van der Waals surface area contributed by atoms with Crippen molar-refractivity contribution in [3.63, 3.8) is 0 Å². The van der Waals surface area contributed by atoms with Gasteiger partial charge in [0.25, 0.3) is 0 Å². The normalized spacial score (nSPS) is 20.8. The Morgan fingerprint density at radius 1 is 1.50 bits per heavy atom. The Morgan fingerprint density at radius 3 is 3.00 bits per heavy atom. The maximum absolute atomic E-state index is 5.65. The van der Waals surface area contributed by atoms with Gasteiger partial charge in [0.1, 0.15) is 11.9 Å². The van der Waals surface area contributed by atoms with Crippen molar-refractivity contribution >= 4 is 0 Å². The summed E-state index contributed by atoms with van der Waals surface area (Å²) in [5, 5.41) is 3.24. The Morgan fingerprint density at radius 2 is 2.43 bits per heavy atom. The molecule has 0 aromatic carbocycles. The highest BCUT2D eigenvalue weighted by Gasteiger charge is 2.16. The van der Waals surface area contributed by atoms with Gasteiger partial charge in [0.15, 0.2) is 0 Å². The van der Waals surface area contributed by atoms with Gasteiger partial charge in [0.05, 0.1) is 13.3 Å². The Kier molecular flexibility index (Phi) is 2.84. The van der Waals surface area contributed by atoms with Gasteiger partial charge >= 0.3 is 0 Å². The van der Waals surface area contributed by atoms with Crippen molar-refractivity contribution in [2.75, 3.05) is 20.2 Å². The molecule has 14 heavy (non-hydrogen) atoms. The molecule has 0 unspecified atom stereocenters. The summed E-state index contributed by atoms with van der Waals surface area (Å²) in [6.45, 7) is 1.94. The minimum absolute atomic E-state index is 0.260. The number of pyridine rings is 1. The molecule has 1 atom stereocenters. The Balaban J connectivity index is 1.95. The second kappa shape index (κ2) is 4.28. The van der Waals surface area contributed by atoms with Crippen LogP contribution in [0.3, 0.4) is 0 Å². The first-order valence-electron chi connectivity index (χ1n) is 4.76. The van der Waals surface area contributed by atoms with E-state index >= 15 is 0 Å². The molecular weight excluding hydrogens is 180 g/mol. The standard InChI is InChI=1S/C10H14N2O2/c1-13-8-2-3-10(12-7-8)14-9-4-5-11-6-9/h2-3,7,9,11H,4-6H2,1H3/t9-/m0/s1. The number of ether oxygens (including phenoxy) is 2. The Hall–Kier alpha value is -1.29. The van der Waals surface area contributed by atoms with Gasteiger partial charge in [0.2, 0.25) is 5.88 Å². The van der Waals surface area contributed by atoms with E-state index in [2.05, 4.69) is 10.3 Å². The van der Waals surface area contributed by atoms with Crippen molar-refractivity contribution in [2.24, 2.45) is 0 Å². The molecule has 0 bridgehead atoms. The van der Waals surface area contributed by atoms with Gasteiger partial charge in [-0.15, -0.1) is 0 Å². The number of nitrogens with zero attached hydrogens (tertiary/aromatic N) is 1. The molecule has 1 N–H and O–H groups in total. The highest BCUT2D eigenvalue weighted by atomic mass is 16.5. The molecular formula is C10H14N2O2. The smallest absolute Gasteiger partial charge is 0.213 e. The molecule has 4 nitrogen and oxygen atoms in total. The summed E-state index contributed by atoms with van der Waals surface area (Å²) in [6.07, 6.45) is 2.97. The average Bonchev–Trinajstić information content (AvgIpc) is 2.72. The topological polar surface area (TPSA) is 43.4 Å². The fraction of sp³-hybridized carbons (Fsp3) is 0.500. The summed E-state index contributed by atoms with van der Waals surface area (Å²) in [4.78, 5) is 4.14. The van der Waals surface area contributed by atoms with E-state index in [9.17, 15) is 0 Å². The molecule has 1 aliphatic heterocycles. The van der Waals surface area contributed by atoms with Crippen LogP contribution < -0.4 is 14.8 Å². The predicted molar refractivity (Wildman–Crippen MR) is 52.7 cm³/mol. The zero-order valence-electron chi connectivity index (χ0n) is 8.19. The largest absolute Gasteiger partial charge is 0.495 e. The van der Waals surface area contributed by atoms with Crippen LogP contribution in [-0.2, 0) is 0 Å². The fourth-order valence-corrected chi connectivity index (χ4v) is 1.46. The summed E-state index contributed by atoms with van der Waals surface area (Å²) < 4.78 is 10.7. The zero-order valence-corrected chi connectivity index (χ0v) is 8.19. The molecule has 0 spiro atoms. The first-order chi connectivity index (χ1) is 6.88. The van der Waals surface area contributed by atoms with Gasteiger partial charge in [-0.25, -0.2) is 4.98 Å². The van der Waals surface area contributed by atoms with Crippen LogP contribution in [0.15, 0.2) is 18.3 Å². The Bertz CT molecular complexity index is 281. The molecule has 1 aromatic heterocycles. The van der Waals surface area contributed by atoms with Crippen molar-refractivity contribution in [3.05, 3.63) is 18.3 Å². The second-order valence-corrected chi connectivity index (χ2v) is 3.27. The van der Waals surface area contributed by atoms with E-state index in [0.29, 0.717) is 5.88 Å². The minimum Gasteiger partial charge on any atom is -0.495 e. The SMILES string of the molecule is COc1ccc(O[C@H]2CCNC2)nc1. The van der Waals surface area contributed by atoms with Gasteiger partial charge in [-0.2, -0.15) is 0 Å². The van der Waals surface area contributed by atoms with Crippen molar-refractivity contribution < 1.29 is 9.47 Å². The number of aromatic nitrogens is 1. The summed E-state index contributed by atoms with van der Waals surface area (Å²) in [5.41, 5.74) is 0. The zero-order chi connectivity index (χ0) is 9.80. The lowest BCUT2D eigenvalue weighted by Gasteiger charge is -2.11. The van der Waals surface area contributed by atoms with E-state index < -0.39 is 0 Å². The third kappa shape index (κ3) is 2.14. The van der Waals surface area contributed by atoms with Gasteiger partial charge in [-0.05, 0) is 19.0 Å². The van der Waals surface area contributed by atoms with E-state index in [1.807, 2.05) is 12.1 Å². The van der Waals surface area contributed by atoms with E-state index in [-0.39, 0.29) is 6.10 Å². The highest BCUT2D eigenvalue weighted by Crippen LogP contribution is 2.15. The number of methoxy groups -OCH3 is 1. The van der Waals surface area contributed by atoms with E-state index in [1.54, 1.807) is 13.3 Å². The van der Waals surface area contributed by atoms with E-state index in [0.717, 1.165) is 25.3 Å². The van der Waals surface area contributed by atoms with Crippen LogP contribution in [0, 0.1) is 0 Å². The van der Waals surface area contributed by atoms with Gasteiger partial charge in [-0.1, -0.05) is 0 Å². The van der Waals surface area contributed by atoms with Crippen LogP contribution in [0.5, 0.6) is 11.6 Å². The van der Waals surface area contributed by atoms with Crippen LogP contribution in [0.4, 0.5) is 0 Å². The van der Waals surface area contributed by atoms with E-state index in [4.69, 9.17) is 9.47 Å². The maximum atomic E-state index is 5.65. The highest BCUT2D eigenvalue weighted by molar-refractivity contribution is 5.22. The number of nitrogens with one attached hydrogen (secondary N) is 1. The number of rotatable bonds is 3. The van der Waals surface area contributed by atoms with Crippen molar-refractivity contribution in [2.45, 2.75) is 12.5 Å². The third-order valence-corrected chi connectivity index (χ3v) is 2.25. The number of hydrogen-bond acceptors (Lipinski definition) is 4. The van der Waals surface area contributed by atoms with Gasteiger partial charge < -0.3 is 14.8 Å². The summed E-state index contributed by atoms with van der Waals surface area (Å²) in [7, 11) is 1.62. The second-order valence-electron chi connectivity index (χ2n) is 3.27. The molecule has 2 heterocycles. The molecule has 0 amide bonds. The van der Waals surface area contributed by atoms with Crippen molar-refractivity contribution in [1.82, 2.24) is 10.3 Å². The molecule has 1 aliphatic rings. The first-order valence-corrected chi connectivity index (χ1v) is 4.76. The summed E-state index contributed by atoms with van der Waals surface area (Å²) in [5.74, 6) is 1.42. The summed E-state index contributed by atoms with van der Waals surface area (Å²) in [6, 6.07) is 3.68. The van der Waals surface area contributed by atoms with Crippen molar-refractivity contribution in [3.8, 4) is 11.6 Å². The molecule has 1 aromatic rings. The lowest BCUT2D eigenvalue weighted by Crippen LogP contribution is -2.19. The maximum Gasteiger partial charge on any atom is 0.213 e. The molecule has 0 radical (unpaired) electrons. The first kappa shape index (κ1) is 9.27. The average molecular weight is 194 g/mol. The lowest BCUT2D eigenvalue weighted by atomic mass is 10.3. The van der Waals surface area contributed by atoms with Crippen LogP contribution >= 0.6 is 0 Å². The number of hydrogen-bond donors (Lipinski definition) is 1. The monoisotopic (exact) mass is 194 g/mol. The molecule has 4 heteroatoms. The quantitative estimate of drug-likeness (QED) is 0.774. The van der Waals surface area contributed by atoms with E-state index in [1.165, 1.54) is 0 Å². The predicted octanol–water partition coefficient (Wildman–Crippen LogP) is 0.831. The molecule has 0 aliphatic carbocycles. The van der Waals surface area contributed by atoms with Crippen LogP contribution in [0.1, 0.15) is 6.42 Å². The Labute approximate surface area is 83.2 Å². The van der Waals surface area contributed by atoms with Crippen LogP contribution in [0.2, 0.25) is 0 Å². The third-order valence-electron chi connectivity index (χ3n) is 2.25. The van der Waals surface area contributed by atoms with Crippen LogP contribution in [-0.4, -0.2) is 31.3 Å². The minimum atomic E-state index is 0.260. The molecule has 76 valence electrons. The van der Waals surface area contributed by atoms with Gasteiger partial charge in [-0.3, -0.25) is 0 Å². The fourth-order valence-electron chi connectivity index (χ4n) is 1.46. The van der Waals surface area contributed by atoms with Gasteiger partial charge in [0, 0.05) is 12.6 Å². The van der Waals surface area contributed by atoms with Crippen LogP contribution in [0.25, 0.3) is 0 Å².